The van der Waals surface area contributed by atoms with Crippen LogP contribution in [0.15, 0.2) is 0 Å². The molecular formula is C17H41NNaO6P. The third-order valence-electron chi connectivity index (χ3n) is 3.85. The van der Waals surface area contributed by atoms with Crippen molar-refractivity contribution in [2.75, 3.05) is 6.54 Å². The standard InChI is InChI=1S/C17H37NO2.Na.H3O4P.H/c1-4-5-6-7-8-9-10-11-12-13-14-17(3,20)15-18-16(2)19;;1-5(2,3)4;/h16,18-20H,4-15H2,1-3H3;;(H3,1,2,3,4);/q;+1;;-1. The van der Waals surface area contributed by atoms with Gasteiger partial charge in [-0.3, -0.25) is 5.32 Å². The van der Waals surface area contributed by atoms with Crippen LogP contribution in [0.3, 0.4) is 0 Å². The SMILES string of the molecule is CCCCCCCCCCCCC(C)(O)CNC(C)O.O=P(O)(O)O.[H-].[Na+]. The number of phosphoric acid groups is 1. The molecular weight excluding hydrogens is 368 g/mol. The number of rotatable bonds is 14. The molecule has 6 N–H and O–H groups in total. The normalized spacial score (nSPS) is 14.6. The zero-order valence-electron chi connectivity index (χ0n) is 18.2. The monoisotopic (exact) mass is 409 g/mol. The minimum atomic E-state index is -4.64. The second-order valence-electron chi connectivity index (χ2n) is 7.00. The van der Waals surface area contributed by atoms with Crippen LogP contribution in [-0.4, -0.2) is 43.3 Å². The molecule has 0 amide bonds. The molecule has 0 aliphatic rings. The van der Waals surface area contributed by atoms with E-state index in [0.717, 1.165) is 12.8 Å². The van der Waals surface area contributed by atoms with Gasteiger partial charge < -0.3 is 26.3 Å². The van der Waals surface area contributed by atoms with Gasteiger partial charge >= 0.3 is 37.4 Å². The summed E-state index contributed by atoms with van der Waals surface area (Å²) >= 11 is 0. The van der Waals surface area contributed by atoms with Gasteiger partial charge in [0.1, 0.15) is 6.23 Å². The number of aliphatic hydroxyl groups excluding tert-OH is 1. The Morgan fingerprint density at radius 1 is 0.962 bits per heavy atom. The topological polar surface area (TPSA) is 130 Å². The zero-order valence-corrected chi connectivity index (χ0v) is 20.0. The van der Waals surface area contributed by atoms with Gasteiger partial charge in [0.25, 0.3) is 0 Å². The quantitative estimate of drug-likeness (QED) is 0.104. The Hall–Kier alpha value is 0.990. The summed E-state index contributed by atoms with van der Waals surface area (Å²) in [6.07, 6.45) is 13.4. The van der Waals surface area contributed by atoms with E-state index in [1.54, 1.807) is 6.92 Å². The van der Waals surface area contributed by atoms with Gasteiger partial charge in [-0.15, -0.1) is 0 Å². The number of aliphatic hydroxyl groups is 2. The minimum Gasteiger partial charge on any atom is -1.00 e. The molecule has 9 heteroatoms. The summed E-state index contributed by atoms with van der Waals surface area (Å²) in [5.41, 5.74) is -0.697. The fourth-order valence-electron chi connectivity index (χ4n) is 2.45. The summed E-state index contributed by atoms with van der Waals surface area (Å²) in [6.45, 7) is 6.24. The molecule has 2 atom stereocenters. The Morgan fingerprint density at radius 3 is 1.65 bits per heavy atom. The number of unbranched alkanes of at least 4 members (excludes halogenated alkanes) is 9. The number of nitrogens with one attached hydrogen (secondary N) is 1. The molecule has 0 aliphatic carbocycles. The average Bonchev–Trinajstić information content (AvgIpc) is 2.45. The summed E-state index contributed by atoms with van der Waals surface area (Å²) in [6, 6.07) is 0. The molecule has 0 bridgehead atoms. The fraction of sp³-hybridized carbons (Fsp3) is 1.00. The van der Waals surface area contributed by atoms with Crippen molar-refractivity contribution in [3.05, 3.63) is 0 Å². The summed E-state index contributed by atoms with van der Waals surface area (Å²) in [5, 5.41) is 22.1. The molecule has 0 aromatic rings. The first-order chi connectivity index (χ1) is 11.5. The summed E-state index contributed by atoms with van der Waals surface area (Å²) in [5.74, 6) is 0. The van der Waals surface area contributed by atoms with Crippen molar-refractivity contribution in [2.24, 2.45) is 0 Å². The van der Waals surface area contributed by atoms with E-state index in [1.807, 2.05) is 6.92 Å². The Bertz CT molecular complexity index is 337. The van der Waals surface area contributed by atoms with E-state index >= 15 is 0 Å². The van der Waals surface area contributed by atoms with Crippen LogP contribution in [0, 0.1) is 0 Å². The van der Waals surface area contributed by atoms with Crippen LogP contribution in [-0.2, 0) is 4.57 Å². The Balaban J connectivity index is -0.000000333. The third-order valence-corrected chi connectivity index (χ3v) is 3.85. The van der Waals surface area contributed by atoms with Crippen LogP contribution in [0.1, 0.15) is 92.8 Å². The first kappa shape index (κ1) is 31.7. The van der Waals surface area contributed by atoms with Gasteiger partial charge in [-0.05, 0) is 20.3 Å². The Morgan fingerprint density at radius 2 is 1.31 bits per heavy atom. The number of hydrogen-bond donors (Lipinski definition) is 6. The van der Waals surface area contributed by atoms with Gasteiger partial charge in [0.15, 0.2) is 0 Å². The first-order valence-electron chi connectivity index (χ1n) is 9.40. The van der Waals surface area contributed by atoms with Gasteiger partial charge in [0, 0.05) is 6.54 Å². The molecule has 0 aromatic heterocycles. The average molecular weight is 409 g/mol. The minimum absolute atomic E-state index is 0. The smallest absolute Gasteiger partial charge is 1.00 e. The van der Waals surface area contributed by atoms with Crippen molar-refractivity contribution >= 4 is 7.82 Å². The molecule has 0 fully saturated rings. The van der Waals surface area contributed by atoms with Crippen LogP contribution in [0.2, 0.25) is 0 Å². The van der Waals surface area contributed by atoms with Gasteiger partial charge in [-0.2, -0.15) is 0 Å². The van der Waals surface area contributed by atoms with Crippen molar-refractivity contribution < 1.29 is 60.4 Å². The van der Waals surface area contributed by atoms with Crippen molar-refractivity contribution in [3.8, 4) is 0 Å². The third kappa shape index (κ3) is 36.0. The molecule has 0 rings (SSSR count). The van der Waals surface area contributed by atoms with E-state index in [-0.39, 0.29) is 31.0 Å². The van der Waals surface area contributed by atoms with E-state index in [4.69, 9.17) is 24.4 Å². The molecule has 0 aliphatic heterocycles. The van der Waals surface area contributed by atoms with Crippen LogP contribution in [0.5, 0.6) is 0 Å². The molecule has 7 nitrogen and oxygen atoms in total. The largest absolute Gasteiger partial charge is 1.00 e. The van der Waals surface area contributed by atoms with E-state index in [1.165, 1.54) is 57.8 Å². The predicted octanol–water partition coefficient (Wildman–Crippen LogP) is 0.164. The second kappa shape index (κ2) is 19.3. The molecule has 0 saturated heterocycles. The molecule has 0 spiro atoms. The van der Waals surface area contributed by atoms with Crippen molar-refractivity contribution in [1.29, 1.82) is 0 Å². The van der Waals surface area contributed by atoms with E-state index in [2.05, 4.69) is 12.2 Å². The van der Waals surface area contributed by atoms with Gasteiger partial charge in [-0.25, -0.2) is 4.57 Å². The summed E-state index contributed by atoms with van der Waals surface area (Å²) < 4.78 is 8.88. The predicted molar refractivity (Wildman–Crippen MR) is 102 cm³/mol. The second-order valence-corrected chi connectivity index (χ2v) is 8.03. The zero-order chi connectivity index (χ0) is 19.8. The first-order valence-corrected chi connectivity index (χ1v) is 11.0. The fourth-order valence-corrected chi connectivity index (χ4v) is 2.45. The van der Waals surface area contributed by atoms with Gasteiger partial charge in [0.05, 0.1) is 5.60 Å². The van der Waals surface area contributed by atoms with Crippen LogP contribution >= 0.6 is 7.82 Å². The van der Waals surface area contributed by atoms with Crippen molar-refractivity contribution in [2.45, 2.75) is 103 Å². The molecule has 26 heavy (non-hydrogen) atoms. The van der Waals surface area contributed by atoms with E-state index in [9.17, 15) is 5.11 Å². The van der Waals surface area contributed by atoms with E-state index in [0.29, 0.717) is 6.54 Å². The van der Waals surface area contributed by atoms with Crippen molar-refractivity contribution in [1.82, 2.24) is 5.32 Å². The summed E-state index contributed by atoms with van der Waals surface area (Å²) in [4.78, 5) is 21.6. The Kier molecular flexibility index (Phi) is 23.5. The molecule has 0 radical (unpaired) electrons. The van der Waals surface area contributed by atoms with Gasteiger partial charge in [0.2, 0.25) is 0 Å². The Labute approximate surface area is 183 Å². The summed E-state index contributed by atoms with van der Waals surface area (Å²) in [7, 11) is -4.64. The van der Waals surface area contributed by atoms with Crippen LogP contribution in [0.25, 0.3) is 0 Å². The van der Waals surface area contributed by atoms with Crippen LogP contribution < -0.4 is 34.9 Å². The molecule has 0 aromatic carbocycles. The molecule has 0 saturated carbocycles. The maximum atomic E-state index is 10.1. The van der Waals surface area contributed by atoms with Crippen LogP contribution in [0.4, 0.5) is 0 Å². The van der Waals surface area contributed by atoms with Gasteiger partial charge in [-0.1, -0.05) is 71.1 Å². The molecule has 156 valence electrons. The molecule has 0 heterocycles. The van der Waals surface area contributed by atoms with E-state index < -0.39 is 19.7 Å². The van der Waals surface area contributed by atoms with Crippen molar-refractivity contribution in [3.63, 3.8) is 0 Å². The molecule has 2 unspecified atom stereocenters. The maximum absolute atomic E-state index is 10.1. The number of hydrogen-bond acceptors (Lipinski definition) is 4. The maximum Gasteiger partial charge on any atom is 1.00 e.